The molecular formula is C11H13ClOS. The highest BCUT2D eigenvalue weighted by Crippen LogP contribution is 2.42. The summed E-state index contributed by atoms with van der Waals surface area (Å²) in [5.41, 5.74) is 0.978. The summed E-state index contributed by atoms with van der Waals surface area (Å²) in [5, 5.41) is 11.1. The number of rotatable bonds is 1. The van der Waals surface area contributed by atoms with Crippen molar-refractivity contribution in [3.05, 3.63) is 34.9 Å². The number of hydrogen-bond acceptors (Lipinski definition) is 2. The van der Waals surface area contributed by atoms with Gasteiger partial charge in [-0.1, -0.05) is 23.7 Å². The summed E-state index contributed by atoms with van der Waals surface area (Å²) in [6.45, 7) is 0. The van der Waals surface area contributed by atoms with Crippen LogP contribution in [-0.4, -0.2) is 10.9 Å². The highest BCUT2D eigenvalue weighted by atomic mass is 35.5. The van der Waals surface area contributed by atoms with Gasteiger partial charge < -0.3 is 5.11 Å². The van der Waals surface area contributed by atoms with Crippen molar-refractivity contribution in [3.8, 4) is 0 Å². The third-order valence-electron chi connectivity index (χ3n) is 2.55. The summed E-state index contributed by atoms with van der Waals surface area (Å²) in [4.78, 5) is -0.678. The molecular weight excluding hydrogens is 216 g/mol. The molecule has 0 radical (unpaired) electrons. The number of benzene rings is 1. The van der Waals surface area contributed by atoms with Gasteiger partial charge in [-0.05, 0) is 42.7 Å². The number of hydrogen-bond donors (Lipinski definition) is 1. The molecule has 1 aliphatic heterocycles. The van der Waals surface area contributed by atoms with Crippen LogP contribution in [-0.2, 0) is 4.93 Å². The third-order valence-corrected chi connectivity index (χ3v) is 4.21. The van der Waals surface area contributed by atoms with Crippen LogP contribution in [0.1, 0.15) is 24.8 Å². The molecule has 76 valence electrons. The molecule has 2 rings (SSSR count). The second kappa shape index (κ2) is 4.13. The molecule has 1 aromatic carbocycles. The molecule has 0 spiro atoms. The number of aliphatic hydroxyl groups is 1. The molecule has 0 aromatic heterocycles. The summed E-state index contributed by atoms with van der Waals surface area (Å²) in [6, 6.07) is 7.51. The molecule has 3 heteroatoms. The van der Waals surface area contributed by atoms with Gasteiger partial charge in [0.05, 0.1) is 0 Å². The largest absolute Gasteiger partial charge is 0.375 e. The lowest BCUT2D eigenvalue weighted by Crippen LogP contribution is -2.24. The fourth-order valence-corrected chi connectivity index (χ4v) is 3.12. The predicted molar refractivity (Wildman–Crippen MR) is 61.7 cm³/mol. The lowest BCUT2D eigenvalue weighted by atomic mass is 10.0. The zero-order chi connectivity index (χ0) is 10.0. The summed E-state index contributed by atoms with van der Waals surface area (Å²) in [6.07, 6.45) is 3.16. The molecule has 1 fully saturated rings. The molecule has 1 N–H and O–H groups in total. The van der Waals surface area contributed by atoms with Crippen LogP contribution in [0.5, 0.6) is 0 Å². The topological polar surface area (TPSA) is 20.2 Å². The molecule has 14 heavy (non-hydrogen) atoms. The SMILES string of the molecule is OC1(c2ccc(Cl)cc2)CCCCS1. The van der Waals surface area contributed by atoms with Crippen molar-refractivity contribution in [3.63, 3.8) is 0 Å². The average Bonchev–Trinajstić information content (AvgIpc) is 2.19. The normalized spacial score (nSPS) is 27.6. The molecule has 1 atom stereocenters. The molecule has 0 saturated carbocycles. The van der Waals surface area contributed by atoms with Crippen molar-refractivity contribution in [1.82, 2.24) is 0 Å². The summed E-state index contributed by atoms with van der Waals surface area (Å²) >= 11 is 7.44. The summed E-state index contributed by atoms with van der Waals surface area (Å²) in [7, 11) is 0. The minimum Gasteiger partial charge on any atom is -0.375 e. The van der Waals surface area contributed by atoms with Gasteiger partial charge in [-0.15, -0.1) is 11.8 Å². The molecule has 0 amide bonds. The Morgan fingerprint density at radius 2 is 1.93 bits per heavy atom. The van der Waals surface area contributed by atoms with Crippen molar-refractivity contribution in [2.45, 2.75) is 24.2 Å². The molecule has 0 bridgehead atoms. The van der Waals surface area contributed by atoms with Crippen molar-refractivity contribution in [1.29, 1.82) is 0 Å². The quantitative estimate of drug-likeness (QED) is 0.795. The van der Waals surface area contributed by atoms with Crippen LogP contribution in [0.15, 0.2) is 24.3 Å². The lowest BCUT2D eigenvalue weighted by Gasteiger charge is -2.31. The van der Waals surface area contributed by atoms with Crippen LogP contribution in [0.3, 0.4) is 0 Å². The van der Waals surface area contributed by atoms with Gasteiger partial charge in [-0.2, -0.15) is 0 Å². The predicted octanol–water partition coefficient (Wildman–Crippen LogP) is 3.40. The molecule has 1 saturated heterocycles. The van der Waals surface area contributed by atoms with E-state index in [1.54, 1.807) is 11.8 Å². The van der Waals surface area contributed by atoms with Gasteiger partial charge in [0.25, 0.3) is 0 Å². The highest BCUT2D eigenvalue weighted by Gasteiger charge is 2.31. The maximum Gasteiger partial charge on any atom is 0.136 e. The molecule has 0 aliphatic carbocycles. The van der Waals surface area contributed by atoms with E-state index >= 15 is 0 Å². The smallest absolute Gasteiger partial charge is 0.136 e. The van der Waals surface area contributed by atoms with Crippen molar-refractivity contribution in [2.24, 2.45) is 0 Å². The first-order valence-corrected chi connectivity index (χ1v) is 6.19. The zero-order valence-electron chi connectivity index (χ0n) is 7.87. The van der Waals surface area contributed by atoms with E-state index in [1.807, 2.05) is 24.3 Å². The second-order valence-corrected chi connectivity index (χ2v) is 5.41. The van der Waals surface area contributed by atoms with E-state index in [9.17, 15) is 5.11 Å². The van der Waals surface area contributed by atoms with E-state index in [-0.39, 0.29) is 0 Å². The average molecular weight is 229 g/mol. The maximum absolute atomic E-state index is 10.4. The molecule has 1 heterocycles. The molecule has 1 aliphatic rings. The first kappa shape index (κ1) is 10.3. The van der Waals surface area contributed by atoms with E-state index in [1.165, 1.54) is 6.42 Å². The van der Waals surface area contributed by atoms with Gasteiger partial charge in [0.2, 0.25) is 0 Å². The number of halogens is 1. The minimum absolute atomic E-state index is 0.678. The Balaban J connectivity index is 2.23. The molecule has 1 nitrogen and oxygen atoms in total. The van der Waals surface area contributed by atoms with Gasteiger partial charge in [0.1, 0.15) is 4.93 Å². The van der Waals surface area contributed by atoms with Gasteiger partial charge in [0, 0.05) is 5.02 Å². The highest BCUT2D eigenvalue weighted by molar-refractivity contribution is 8.00. The lowest BCUT2D eigenvalue weighted by molar-refractivity contribution is 0.120. The standard InChI is InChI=1S/C11H13ClOS/c12-10-5-3-9(4-6-10)11(13)7-1-2-8-14-11/h3-6,13H,1-2,7-8H2. The van der Waals surface area contributed by atoms with E-state index in [0.29, 0.717) is 0 Å². The fourth-order valence-electron chi connectivity index (χ4n) is 1.72. The van der Waals surface area contributed by atoms with Crippen molar-refractivity contribution >= 4 is 23.4 Å². The van der Waals surface area contributed by atoms with Gasteiger partial charge in [-0.3, -0.25) is 0 Å². The Morgan fingerprint density at radius 1 is 1.21 bits per heavy atom. The molecule has 1 unspecified atom stereocenters. The summed E-state index contributed by atoms with van der Waals surface area (Å²) in [5.74, 6) is 1.04. The zero-order valence-corrected chi connectivity index (χ0v) is 9.44. The van der Waals surface area contributed by atoms with E-state index in [4.69, 9.17) is 11.6 Å². The summed E-state index contributed by atoms with van der Waals surface area (Å²) < 4.78 is 0. The Morgan fingerprint density at radius 3 is 2.50 bits per heavy atom. The van der Waals surface area contributed by atoms with Gasteiger partial charge in [-0.25, -0.2) is 0 Å². The Bertz CT molecular complexity index is 304. The van der Waals surface area contributed by atoms with Gasteiger partial charge >= 0.3 is 0 Å². The monoisotopic (exact) mass is 228 g/mol. The fraction of sp³-hybridized carbons (Fsp3) is 0.455. The van der Waals surface area contributed by atoms with Crippen molar-refractivity contribution < 1.29 is 5.11 Å². The minimum atomic E-state index is -0.678. The second-order valence-electron chi connectivity index (χ2n) is 3.60. The van der Waals surface area contributed by atoms with Gasteiger partial charge in [0.15, 0.2) is 0 Å². The van der Waals surface area contributed by atoms with Crippen LogP contribution in [0, 0.1) is 0 Å². The Kier molecular flexibility index (Phi) is 3.05. The Labute approximate surface area is 93.5 Å². The van der Waals surface area contributed by atoms with Crippen LogP contribution < -0.4 is 0 Å². The Hall–Kier alpha value is -0.180. The van der Waals surface area contributed by atoms with E-state index in [2.05, 4.69) is 0 Å². The molecule has 1 aromatic rings. The first-order chi connectivity index (χ1) is 6.71. The van der Waals surface area contributed by atoms with Crippen molar-refractivity contribution in [2.75, 3.05) is 5.75 Å². The van der Waals surface area contributed by atoms with Crippen LogP contribution in [0.25, 0.3) is 0 Å². The van der Waals surface area contributed by atoms with E-state index in [0.717, 1.165) is 29.2 Å². The third kappa shape index (κ3) is 2.08. The first-order valence-electron chi connectivity index (χ1n) is 4.83. The maximum atomic E-state index is 10.4. The number of thioether (sulfide) groups is 1. The van der Waals surface area contributed by atoms with E-state index < -0.39 is 4.93 Å². The van der Waals surface area contributed by atoms with Crippen LogP contribution in [0.2, 0.25) is 5.02 Å². The van der Waals surface area contributed by atoms with Crippen LogP contribution in [0.4, 0.5) is 0 Å². The van der Waals surface area contributed by atoms with Crippen LogP contribution >= 0.6 is 23.4 Å².